The van der Waals surface area contributed by atoms with Crippen molar-refractivity contribution >= 4 is 16.1 Å². The van der Waals surface area contributed by atoms with Crippen molar-refractivity contribution in [3.05, 3.63) is 102 Å². The quantitative estimate of drug-likeness (QED) is 0.225. The van der Waals surface area contributed by atoms with Crippen molar-refractivity contribution in [1.29, 1.82) is 0 Å². The highest BCUT2D eigenvalue weighted by atomic mass is 32.2. The molecule has 41 heavy (non-hydrogen) atoms. The van der Waals surface area contributed by atoms with Gasteiger partial charge in [0, 0.05) is 30.4 Å². The summed E-state index contributed by atoms with van der Waals surface area (Å²) in [7, 11) is -1.39. The Morgan fingerprint density at radius 2 is 1.66 bits per heavy atom. The summed E-state index contributed by atoms with van der Waals surface area (Å²) in [5.74, 6) is -0.163. The molecule has 0 radical (unpaired) electrons. The lowest BCUT2D eigenvalue weighted by atomic mass is 10.1. The molecule has 0 aliphatic carbocycles. The van der Waals surface area contributed by atoms with Gasteiger partial charge in [0.05, 0.1) is 18.6 Å². The van der Waals surface area contributed by atoms with Crippen LogP contribution in [0.1, 0.15) is 31.9 Å². The number of aromatic nitrogens is 1. The predicted octanol–water partition coefficient (Wildman–Crippen LogP) is 6.49. The second-order valence-corrected chi connectivity index (χ2v) is 12.2. The molecule has 0 atom stereocenters. The van der Waals surface area contributed by atoms with E-state index in [-0.39, 0.29) is 35.1 Å². The number of nitrogens with zero attached hydrogens (tertiary/aromatic N) is 2. The fourth-order valence-corrected chi connectivity index (χ4v) is 5.61. The number of rotatable bonds is 9. The maximum absolute atomic E-state index is 15.1. The van der Waals surface area contributed by atoms with Crippen LogP contribution in [0.3, 0.4) is 0 Å². The molecule has 3 aromatic carbocycles. The van der Waals surface area contributed by atoms with Crippen molar-refractivity contribution in [2.45, 2.75) is 44.4 Å². The molecule has 0 aliphatic heterocycles. The number of ether oxygens (including phenoxy) is 3. The van der Waals surface area contributed by atoms with E-state index < -0.39 is 27.5 Å². The van der Waals surface area contributed by atoms with Gasteiger partial charge < -0.3 is 19.1 Å². The highest BCUT2D eigenvalue weighted by molar-refractivity contribution is 7.90. The van der Waals surface area contributed by atoms with Crippen LogP contribution in [0.4, 0.5) is 9.18 Å². The van der Waals surface area contributed by atoms with E-state index >= 15 is 4.39 Å². The molecule has 0 bridgehead atoms. The topological polar surface area (TPSA) is 87.1 Å². The number of hydrogen-bond acceptors (Lipinski definition) is 6. The van der Waals surface area contributed by atoms with Crippen LogP contribution in [0.15, 0.2) is 90.0 Å². The Bertz CT molecular complexity index is 1630. The largest absolute Gasteiger partial charge is 0.494 e. The van der Waals surface area contributed by atoms with Crippen molar-refractivity contribution in [3.8, 4) is 22.8 Å². The zero-order chi connectivity index (χ0) is 29.8. The summed E-state index contributed by atoms with van der Waals surface area (Å²) >= 11 is 0. The monoisotopic (exact) mass is 580 g/mol. The summed E-state index contributed by atoms with van der Waals surface area (Å²) in [6.07, 6.45) is 0.736. The lowest BCUT2D eigenvalue weighted by molar-refractivity contribution is 0.0284. The van der Waals surface area contributed by atoms with E-state index in [9.17, 15) is 13.2 Å². The van der Waals surface area contributed by atoms with E-state index in [0.29, 0.717) is 11.3 Å². The van der Waals surface area contributed by atoms with Gasteiger partial charge in [-0.1, -0.05) is 48.5 Å². The Hall–Kier alpha value is -4.31. The number of carbonyl (C=O) groups excluding carboxylic acids is 1. The predicted molar refractivity (Wildman–Crippen MR) is 154 cm³/mol. The Kier molecular flexibility index (Phi) is 8.72. The van der Waals surface area contributed by atoms with Gasteiger partial charge in [-0.2, -0.15) is 0 Å². The first-order valence-corrected chi connectivity index (χ1v) is 14.3. The van der Waals surface area contributed by atoms with Crippen molar-refractivity contribution < 1.29 is 31.8 Å². The number of methoxy groups -OCH3 is 1. The molecule has 8 nitrogen and oxygen atoms in total. The molecule has 4 aromatic rings. The SMILES string of the molecule is COc1c(CN(C)C(=O)OC(C)(C)C)cn(S(=O)(=O)c2cccc(OCc3ccccc3)c2)c1-c1ccccc1F. The van der Waals surface area contributed by atoms with Crippen molar-refractivity contribution in [2.75, 3.05) is 14.2 Å². The highest BCUT2D eigenvalue weighted by Gasteiger charge is 2.30. The maximum Gasteiger partial charge on any atom is 0.410 e. The molecular formula is C31H33FN2O6S. The third-order valence-electron chi connectivity index (χ3n) is 6.06. The first kappa shape index (κ1) is 29.7. The molecule has 1 aromatic heterocycles. The van der Waals surface area contributed by atoms with E-state index in [1.807, 2.05) is 30.3 Å². The molecule has 1 heterocycles. The van der Waals surface area contributed by atoms with Gasteiger partial charge in [0.15, 0.2) is 5.75 Å². The second kappa shape index (κ2) is 12.1. The average Bonchev–Trinajstić information content (AvgIpc) is 3.30. The number of amides is 1. The number of benzene rings is 3. The molecule has 216 valence electrons. The van der Waals surface area contributed by atoms with E-state index in [1.54, 1.807) is 39.0 Å². The van der Waals surface area contributed by atoms with Gasteiger partial charge in [-0.15, -0.1) is 0 Å². The van der Waals surface area contributed by atoms with Crippen molar-refractivity contribution in [1.82, 2.24) is 8.87 Å². The summed E-state index contributed by atoms with van der Waals surface area (Å²) in [5.41, 5.74) is 0.566. The van der Waals surface area contributed by atoms with E-state index in [0.717, 1.165) is 9.54 Å². The molecule has 0 spiro atoms. The summed E-state index contributed by atoms with van der Waals surface area (Å²) in [6, 6.07) is 21.4. The van der Waals surface area contributed by atoms with Crippen LogP contribution >= 0.6 is 0 Å². The summed E-state index contributed by atoms with van der Waals surface area (Å²) < 4.78 is 61.2. The Morgan fingerprint density at radius 3 is 2.32 bits per heavy atom. The van der Waals surface area contributed by atoms with Gasteiger partial charge in [0.2, 0.25) is 0 Å². The maximum atomic E-state index is 15.1. The first-order valence-electron chi connectivity index (χ1n) is 12.9. The minimum absolute atomic E-state index is 0.00574. The van der Waals surface area contributed by atoms with Gasteiger partial charge in [-0.3, -0.25) is 0 Å². The first-order chi connectivity index (χ1) is 19.4. The molecule has 4 rings (SSSR count). The highest BCUT2D eigenvalue weighted by Crippen LogP contribution is 2.39. The molecule has 0 unspecified atom stereocenters. The molecule has 0 fully saturated rings. The molecule has 1 amide bonds. The fraction of sp³-hybridized carbons (Fsp3) is 0.258. The van der Waals surface area contributed by atoms with Crippen LogP contribution < -0.4 is 9.47 Å². The number of halogens is 1. The van der Waals surface area contributed by atoms with Gasteiger partial charge in [0.25, 0.3) is 10.0 Å². The minimum atomic E-state index is -4.28. The average molecular weight is 581 g/mol. The van der Waals surface area contributed by atoms with Crippen molar-refractivity contribution in [3.63, 3.8) is 0 Å². The zero-order valence-electron chi connectivity index (χ0n) is 23.6. The molecule has 0 saturated heterocycles. The third-order valence-corrected chi connectivity index (χ3v) is 7.71. The van der Waals surface area contributed by atoms with Gasteiger partial charge >= 0.3 is 6.09 Å². The second-order valence-electron chi connectivity index (χ2n) is 10.4. The number of carbonyl (C=O) groups is 1. The third kappa shape index (κ3) is 6.89. The normalized spacial score (nSPS) is 11.7. The van der Waals surface area contributed by atoms with Crippen molar-refractivity contribution in [2.24, 2.45) is 0 Å². The molecule has 0 aliphatic rings. The van der Waals surface area contributed by atoms with Crippen LogP contribution in [0.2, 0.25) is 0 Å². The smallest absolute Gasteiger partial charge is 0.410 e. The van der Waals surface area contributed by atoms with Gasteiger partial charge in [-0.05, 0) is 50.6 Å². The summed E-state index contributed by atoms with van der Waals surface area (Å²) in [5, 5.41) is 0. The standard InChI is InChI=1S/C31H33FN2O6S/c1-31(2,3)40-30(35)33(4)19-23-20-34(28(29(23)38-5)26-16-9-10-17-27(26)32)41(36,37)25-15-11-14-24(18-25)39-21-22-12-7-6-8-13-22/h6-18,20H,19,21H2,1-5H3. The van der Waals surface area contributed by atoms with E-state index in [1.165, 1.54) is 55.6 Å². The van der Waals surface area contributed by atoms with Crippen LogP contribution in [0.25, 0.3) is 11.3 Å². The van der Waals surface area contributed by atoms with Gasteiger partial charge in [0.1, 0.15) is 29.5 Å². The lowest BCUT2D eigenvalue weighted by Crippen LogP contribution is -2.33. The van der Waals surface area contributed by atoms with Crippen LogP contribution in [-0.4, -0.2) is 43.1 Å². The Balaban J connectivity index is 1.77. The number of hydrogen-bond donors (Lipinski definition) is 0. The molecule has 0 saturated carbocycles. The van der Waals surface area contributed by atoms with Crippen LogP contribution in [-0.2, 0) is 27.9 Å². The van der Waals surface area contributed by atoms with Gasteiger partial charge in [-0.25, -0.2) is 21.6 Å². The minimum Gasteiger partial charge on any atom is -0.494 e. The molecule has 0 N–H and O–H groups in total. The van der Waals surface area contributed by atoms with E-state index in [2.05, 4.69) is 0 Å². The fourth-order valence-electron chi connectivity index (χ4n) is 4.18. The van der Waals surface area contributed by atoms with Crippen LogP contribution in [0.5, 0.6) is 11.5 Å². The summed E-state index contributed by atoms with van der Waals surface area (Å²) in [4.78, 5) is 13.9. The molecule has 10 heteroatoms. The molecular weight excluding hydrogens is 547 g/mol. The Labute approximate surface area is 239 Å². The lowest BCUT2D eigenvalue weighted by Gasteiger charge is -2.24. The van der Waals surface area contributed by atoms with E-state index in [4.69, 9.17) is 14.2 Å². The summed E-state index contributed by atoms with van der Waals surface area (Å²) in [6.45, 7) is 5.44. The van der Waals surface area contributed by atoms with Crippen LogP contribution in [0, 0.1) is 5.82 Å². The Morgan fingerprint density at radius 1 is 0.976 bits per heavy atom. The zero-order valence-corrected chi connectivity index (χ0v) is 24.4.